The van der Waals surface area contributed by atoms with E-state index in [0.29, 0.717) is 41.0 Å². The number of phenols is 3. The molecule has 5 nitrogen and oxygen atoms in total. The molecule has 3 aromatic rings. The first-order chi connectivity index (χ1) is 17.7. The van der Waals surface area contributed by atoms with E-state index in [4.69, 9.17) is 0 Å². The third kappa shape index (κ3) is 5.34. The smallest absolute Gasteiger partial charge is 0.124 e. The third-order valence-corrected chi connectivity index (χ3v) is 8.41. The van der Waals surface area contributed by atoms with Crippen LogP contribution in [0.4, 0.5) is 0 Å². The molecule has 3 aromatic carbocycles. The van der Waals surface area contributed by atoms with Crippen molar-refractivity contribution in [1.29, 1.82) is 0 Å². The molecule has 1 aliphatic rings. The first kappa shape index (κ1) is 27.0. The number of aliphatic hydroxyl groups is 2. The van der Waals surface area contributed by atoms with Crippen molar-refractivity contribution in [3.8, 4) is 17.2 Å². The minimum Gasteiger partial charge on any atom is -0.507 e. The second-order valence-electron chi connectivity index (χ2n) is 10.8. The fourth-order valence-electron chi connectivity index (χ4n) is 5.99. The Bertz CT molecular complexity index is 1210. The molecular formula is C32H40O5. The Labute approximate surface area is 220 Å². The average Bonchev–Trinajstić information content (AvgIpc) is 2.89. The molecule has 0 spiro atoms. The van der Waals surface area contributed by atoms with Gasteiger partial charge in [-0.25, -0.2) is 0 Å². The standard InChI is InChI=1S/C32H40O5/c1-18-10-23(20(3)28(16-33)30(18)35)12-26-14-25(22-8-6-5-7-9-22)15-27(32(26)37)13-24-11-19(2)31(36)29(17-34)21(24)4/h10-11,14-15,22,33-37H,5-9,12-13,16-17H2,1-4H3. The first-order valence-corrected chi connectivity index (χ1v) is 13.3. The maximum Gasteiger partial charge on any atom is 0.124 e. The van der Waals surface area contributed by atoms with Gasteiger partial charge >= 0.3 is 0 Å². The van der Waals surface area contributed by atoms with Crippen molar-refractivity contribution in [2.45, 2.75) is 91.8 Å². The molecule has 1 saturated carbocycles. The van der Waals surface area contributed by atoms with E-state index in [9.17, 15) is 25.5 Å². The van der Waals surface area contributed by atoms with Gasteiger partial charge in [0.1, 0.15) is 17.2 Å². The second kappa shape index (κ2) is 11.2. The molecule has 0 atom stereocenters. The van der Waals surface area contributed by atoms with Crippen molar-refractivity contribution in [3.05, 3.63) is 85.5 Å². The van der Waals surface area contributed by atoms with Gasteiger partial charge in [-0.2, -0.15) is 0 Å². The topological polar surface area (TPSA) is 101 Å². The molecule has 0 bridgehead atoms. The van der Waals surface area contributed by atoms with Gasteiger partial charge in [-0.15, -0.1) is 0 Å². The lowest BCUT2D eigenvalue weighted by atomic mass is 9.81. The summed E-state index contributed by atoms with van der Waals surface area (Å²) in [6, 6.07) is 8.17. The van der Waals surface area contributed by atoms with Crippen LogP contribution in [0.3, 0.4) is 0 Å². The molecule has 1 fully saturated rings. The number of rotatable bonds is 7. The van der Waals surface area contributed by atoms with Crippen LogP contribution < -0.4 is 0 Å². The van der Waals surface area contributed by atoms with E-state index in [1.807, 2.05) is 39.8 Å². The van der Waals surface area contributed by atoms with Crippen molar-refractivity contribution in [2.75, 3.05) is 0 Å². The van der Waals surface area contributed by atoms with E-state index in [1.54, 1.807) is 0 Å². The van der Waals surface area contributed by atoms with Gasteiger partial charge in [0, 0.05) is 24.0 Å². The van der Waals surface area contributed by atoms with Crippen LogP contribution in [0.25, 0.3) is 0 Å². The minimum atomic E-state index is -0.238. The van der Waals surface area contributed by atoms with Crippen LogP contribution in [-0.4, -0.2) is 25.5 Å². The van der Waals surface area contributed by atoms with Gasteiger partial charge < -0.3 is 25.5 Å². The molecule has 0 saturated heterocycles. The summed E-state index contributed by atoms with van der Waals surface area (Å²) in [5.74, 6) is 0.967. The van der Waals surface area contributed by atoms with Crippen LogP contribution >= 0.6 is 0 Å². The molecule has 0 unspecified atom stereocenters. The highest BCUT2D eigenvalue weighted by atomic mass is 16.3. The lowest BCUT2D eigenvalue weighted by Gasteiger charge is -2.25. The van der Waals surface area contributed by atoms with Crippen molar-refractivity contribution in [2.24, 2.45) is 0 Å². The SMILES string of the molecule is Cc1cc(Cc2cc(C3CCCCC3)cc(Cc3cc(C)c(O)c(CO)c3C)c2O)c(C)c(CO)c1O. The summed E-state index contributed by atoms with van der Waals surface area (Å²) < 4.78 is 0. The van der Waals surface area contributed by atoms with Crippen molar-refractivity contribution < 1.29 is 25.5 Å². The van der Waals surface area contributed by atoms with Crippen molar-refractivity contribution in [3.63, 3.8) is 0 Å². The average molecular weight is 505 g/mol. The summed E-state index contributed by atoms with van der Waals surface area (Å²) in [7, 11) is 0. The third-order valence-electron chi connectivity index (χ3n) is 8.41. The highest BCUT2D eigenvalue weighted by Crippen LogP contribution is 2.39. The zero-order valence-corrected chi connectivity index (χ0v) is 22.5. The van der Waals surface area contributed by atoms with E-state index in [0.717, 1.165) is 46.2 Å². The van der Waals surface area contributed by atoms with E-state index in [1.165, 1.54) is 24.8 Å². The Morgan fingerprint density at radius 1 is 0.595 bits per heavy atom. The first-order valence-electron chi connectivity index (χ1n) is 13.3. The fraction of sp³-hybridized carbons (Fsp3) is 0.438. The van der Waals surface area contributed by atoms with E-state index < -0.39 is 0 Å². The maximum atomic E-state index is 11.5. The minimum absolute atomic E-state index is 0.127. The largest absolute Gasteiger partial charge is 0.507 e. The van der Waals surface area contributed by atoms with Gasteiger partial charge in [-0.3, -0.25) is 0 Å². The molecule has 0 radical (unpaired) electrons. The van der Waals surface area contributed by atoms with Gasteiger partial charge in [0.2, 0.25) is 0 Å². The van der Waals surface area contributed by atoms with Crippen LogP contribution in [0.5, 0.6) is 17.2 Å². The predicted octanol–water partition coefficient (Wildman–Crippen LogP) is 6.25. The molecule has 37 heavy (non-hydrogen) atoms. The lowest BCUT2D eigenvalue weighted by molar-refractivity contribution is 0.274. The normalized spacial score (nSPS) is 14.3. The fourth-order valence-corrected chi connectivity index (χ4v) is 5.99. The molecule has 5 N–H and O–H groups in total. The molecule has 0 aliphatic heterocycles. The number of aliphatic hydroxyl groups excluding tert-OH is 2. The highest BCUT2D eigenvalue weighted by molar-refractivity contribution is 5.55. The van der Waals surface area contributed by atoms with Gasteiger partial charge in [-0.05, 0) is 96.5 Å². The maximum absolute atomic E-state index is 11.5. The summed E-state index contributed by atoms with van der Waals surface area (Å²) in [4.78, 5) is 0. The zero-order valence-electron chi connectivity index (χ0n) is 22.5. The lowest BCUT2D eigenvalue weighted by Crippen LogP contribution is -2.08. The van der Waals surface area contributed by atoms with Crippen LogP contribution in [0.2, 0.25) is 0 Å². The molecule has 0 aromatic heterocycles. The Hall–Kier alpha value is -3.02. The molecule has 4 rings (SSSR count). The molecule has 5 heteroatoms. The number of aryl methyl sites for hydroxylation is 2. The monoisotopic (exact) mass is 504 g/mol. The highest BCUT2D eigenvalue weighted by Gasteiger charge is 2.22. The molecule has 0 amide bonds. The summed E-state index contributed by atoms with van der Waals surface area (Å²) in [5.41, 5.74) is 9.03. The number of benzene rings is 3. The number of hydrogen-bond acceptors (Lipinski definition) is 5. The van der Waals surface area contributed by atoms with Gasteiger partial charge in [0.05, 0.1) is 13.2 Å². The van der Waals surface area contributed by atoms with Crippen molar-refractivity contribution >= 4 is 0 Å². The predicted molar refractivity (Wildman–Crippen MR) is 147 cm³/mol. The van der Waals surface area contributed by atoms with E-state index >= 15 is 0 Å². The van der Waals surface area contributed by atoms with Crippen LogP contribution in [0.1, 0.15) is 99.2 Å². The summed E-state index contributed by atoms with van der Waals surface area (Å²) >= 11 is 0. The van der Waals surface area contributed by atoms with Crippen LogP contribution in [-0.2, 0) is 26.1 Å². The van der Waals surface area contributed by atoms with E-state index in [-0.39, 0.29) is 30.5 Å². The number of hydrogen-bond donors (Lipinski definition) is 5. The zero-order chi connectivity index (χ0) is 26.9. The van der Waals surface area contributed by atoms with Gasteiger partial charge in [0.25, 0.3) is 0 Å². The molecular weight excluding hydrogens is 464 g/mol. The van der Waals surface area contributed by atoms with Crippen molar-refractivity contribution in [1.82, 2.24) is 0 Å². The van der Waals surface area contributed by atoms with Gasteiger partial charge in [0.15, 0.2) is 0 Å². The van der Waals surface area contributed by atoms with E-state index in [2.05, 4.69) is 12.1 Å². The number of aromatic hydroxyl groups is 3. The van der Waals surface area contributed by atoms with Gasteiger partial charge in [-0.1, -0.05) is 43.5 Å². The summed E-state index contributed by atoms with van der Waals surface area (Å²) in [6.07, 6.45) is 6.96. The summed E-state index contributed by atoms with van der Waals surface area (Å²) in [6.45, 7) is 6.99. The van der Waals surface area contributed by atoms with Crippen LogP contribution in [0.15, 0.2) is 24.3 Å². The summed E-state index contributed by atoms with van der Waals surface area (Å²) in [5, 5.41) is 52.1. The molecule has 1 aliphatic carbocycles. The second-order valence-corrected chi connectivity index (χ2v) is 10.8. The Balaban J connectivity index is 1.82. The Kier molecular flexibility index (Phi) is 8.15. The molecule has 198 valence electrons. The Morgan fingerprint density at radius 3 is 1.43 bits per heavy atom. The Morgan fingerprint density at radius 2 is 1.03 bits per heavy atom. The molecule has 0 heterocycles. The van der Waals surface area contributed by atoms with Crippen LogP contribution in [0, 0.1) is 27.7 Å². The quantitative estimate of drug-likeness (QED) is 0.262. The number of phenolic OH excluding ortho intramolecular Hbond substituents is 1.